The highest BCUT2D eigenvalue weighted by Gasteiger charge is 2.41. The first-order valence-corrected chi connectivity index (χ1v) is 9.20. The molecule has 1 aliphatic heterocycles. The molecule has 2 nitrogen and oxygen atoms in total. The first-order chi connectivity index (χ1) is 10.6. The molecule has 1 aromatic carbocycles. The Morgan fingerprint density at radius 1 is 1.13 bits per heavy atom. The Hall–Kier alpha value is -0.730. The van der Waals surface area contributed by atoms with Gasteiger partial charge in [0.25, 0.3) is 0 Å². The average Bonchev–Trinajstić information content (AvgIpc) is 2.50. The third-order valence-electron chi connectivity index (χ3n) is 6.69. The molecule has 1 fully saturated rings. The minimum atomic E-state index is 0.436. The van der Waals surface area contributed by atoms with Crippen molar-refractivity contribution in [2.75, 3.05) is 7.05 Å². The highest BCUT2D eigenvalue weighted by atomic mass is 15.2. The van der Waals surface area contributed by atoms with Crippen molar-refractivity contribution in [3.8, 4) is 0 Å². The van der Waals surface area contributed by atoms with E-state index in [-0.39, 0.29) is 0 Å². The summed E-state index contributed by atoms with van der Waals surface area (Å²) in [5, 5.41) is 3.87. The first kappa shape index (κ1) is 18.6. The predicted molar refractivity (Wildman–Crippen MR) is 106 cm³/mol. The van der Waals surface area contributed by atoms with Crippen LogP contribution in [0.3, 0.4) is 0 Å². The van der Waals surface area contributed by atoms with Crippen LogP contribution in [0.2, 0.25) is 19.4 Å². The summed E-state index contributed by atoms with van der Waals surface area (Å²) in [6, 6.07) is 4.69. The van der Waals surface area contributed by atoms with Crippen LogP contribution in [0.1, 0.15) is 48.9 Å². The molecule has 4 heteroatoms. The molecule has 0 aromatic heterocycles. The maximum absolute atomic E-state index is 3.87. The van der Waals surface area contributed by atoms with Crippen molar-refractivity contribution in [3.63, 3.8) is 0 Å². The maximum Gasteiger partial charge on any atom is 0.218 e. The van der Waals surface area contributed by atoms with Crippen LogP contribution in [-0.4, -0.2) is 31.7 Å². The normalized spacial score (nSPS) is 25.6. The van der Waals surface area contributed by atoms with E-state index in [9.17, 15) is 0 Å². The van der Waals surface area contributed by atoms with E-state index in [1.807, 2.05) is 0 Å². The molecule has 0 spiro atoms. The monoisotopic (exact) mass is 312 g/mol. The number of hydrogen-bond acceptors (Lipinski definition) is 2. The summed E-state index contributed by atoms with van der Waals surface area (Å²) in [4.78, 5) is 2.55. The summed E-state index contributed by atoms with van der Waals surface area (Å²) in [6.45, 7) is 19.8. The second-order valence-corrected chi connectivity index (χ2v) is 8.11. The summed E-state index contributed by atoms with van der Waals surface area (Å²) in [5.41, 5.74) is 6.45. The number of nitrogens with zero attached hydrogens (tertiary/aromatic N) is 1. The van der Waals surface area contributed by atoms with Crippen LogP contribution in [0.25, 0.3) is 0 Å². The van der Waals surface area contributed by atoms with Gasteiger partial charge in [0.2, 0.25) is 13.7 Å². The summed E-state index contributed by atoms with van der Waals surface area (Å²) in [6.07, 6.45) is 0.436. The lowest BCUT2D eigenvalue weighted by molar-refractivity contribution is 0.230. The van der Waals surface area contributed by atoms with Gasteiger partial charge in [0.15, 0.2) is 0 Å². The summed E-state index contributed by atoms with van der Waals surface area (Å²) >= 11 is 0. The summed E-state index contributed by atoms with van der Waals surface area (Å²) < 4.78 is 0. The molecule has 1 heterocycles. The fourth-order valence-corrected chi connectivity index (χ4v) is 4.21. The molecular formula is C19H34B2N2. The van der Waals surface area contributed by atoms with E-state index < -0.39 is 0 Å². The Bertz CT molecular complexity index is 561. The number of hydrogen-bond donors (Lipinski definition) is 1. The second kappa shape index (κ2) is 7.03. The van der Waals surface area contributed by atoms with Gasteiger partial charge in [-0.15, -0.1) is 0 Å². The Labute approximate surface area is 144 Å². The van der Waals surface area contributed by atoms with E-state index in [0.29, 0.717) is 37.4 Å². The lowest BCUT2D eigenvalue weighted by atomic mass is 9.31. The largest absolute Gasteiger partial charge is 0.342 e. The highest BCUT2D eigenvalue weighted by molar-refractivity contribution is 6.77. The SMILES string of the molecule is CB1NC(C(C)C(C)c2cc(C)cc(C)c2C)N(C)B(C)C1C. The summed E-state index contributed by atoms with van der Waals surface area (Å²) in [5.74, 6) is 1.11. The van der Waals surface area contributed by atoms with Crippen LogP contribution >= 0.6 is 0 Å². The molecule has 4 atom stereocenters. The van der Waals surface area contributed by atoms with Crippen molar-refractivity contribution in [3.05, 3.63) is 34.4 Å². The fourth-order valence-electron chi connectivity index (χ4n) is 4.21. The van der Waals surface area contributed by atoms with E-state index in [1.165, 1.54) is 22.3 Å². The van der Waals surface area contributed by atoms with Crippen LogP contribution in [0.15, 0.2) is 12.1 Å². The minimum Gasteiger partial charge on any atom is -0.342 e. The molecule has 0 aliphatic carbocycles. The van der Waals surface area contributed by atoms with Crippen molar-refractivity contribution in [2.24, 2.45) is 5.92 Å². The van der Waals surface area contributed by atoms with Crippen molar-refractivity contribution in [1.82, 2.24) is 10.0 Å². The zero-order chi connectivity index (χ0) is 17.5. The lowest BCUT2D eigenvalue weighted by Crippen LogP contribution is -2.66. The fraction of sp³-hybridized carbons (Fsp3) is 0.684. The van der Waals surface area contributed by atoms with Gasteiger partial charge in [0, 0.05) is 6.17 Å². The standard InChI is InChI=1S/C19H34B2N2/c1-12-10-13(2)14(3)18(11-12)15(4)16(5)19-22-20(7)17(6)21(8)23(19)9/h10-11,15-17,19,22H,1-9H3. The van der Waals surface area contributed by atoms with Crippen LogP contribution < -0.4 is 5.23 Å². The van der Waals surface area contributed by atoms with Gasteiger partial charge in [-0.25, -0.2) is 0 Å². The van der Waals surface area contributed by atoms with Crippen molar-refractivity contribution < 1.29 is 0 Å². The zero-order valence-electron chi connectivity index (χ0n) is 16.6. The van der Waals surface area contributed by atoms with Crippen LogP contribution in [-0.2, 0) is 0 Å². The molecular weight excluding hydrogens is 278 g/mol. The molecule has 0 radical (unpaired) electrons. The molecule has 1 aliphatic rings. The van der Waals surface area contributed by atoms with E-state index in [4.69, 9.17) is 0 Å². The van der Waals surface area contributed by atoms with Gasteiger partial charge in [0.1, 0.15) is 0 Å². The molecule has 1 N–H and O–H groups in total. The van der Waals surface area contributed by atoms with Gasteiger partial charge in [-0.05, 0) is 56.3 Å². The molecule has 0 amide bonds. The smallest absolute Gasteiger partial charge is 0.218 e. The number of nitrogens with one attached hydrogen (secondary N) is 1. The molecule has 4 unspecified atom stereocenters. The molecule has 126 valence electrons. The van der Waals surface area contributed by atoms with E-state index in [2.05, 4.69) is 84.4 Å². The Morgan fingerprint density at radius 2 is 1.74 bits per heavy atom. The van der Waals surface area contributed by atoms with Crippen LogP contribution in [0.4, 0.5) is 0 Å². The van der Waals surface area contributed by atoms with Crippen LogP contribution in [0.5, 0.6) is 0 Å². The van der Waals surface area contributed by atoms with Crippen molar-refractivity contribution >= 4 is 13.7 Å². The van der Waals surface area contributed by atoms with Gasteiger partial charge >= 0.3 is 0 Å². The summed E-state index contributed by atoms with van der Waals surface area (Å²) in [7, 11) is 2.28. The molecule has 2 rings (SSSR count). The molecule has 0 bridgehead atoms. The topological polar surface area (TPSA) is 15.3 Å². The van der Waals surface area contributed by atoms with Gasteiger partial charge in [-0.3, -0.25) is 0 Å². The second-order valence-electron chi connectivity index (χ2n) is 8.11. The third kappa shape index (κ3) is 3.53. The van der Waals surface area contributed by atoms with Gasteiger partial charge < -0.3 is 10.0 Å². The van der Waals surface area contributed by atoms with Crippen LogP contribution in [0, 0.1) is 26.7 Å². The van der Waals surface area contributed by atoms with Gasteiger partial charge in [-0.2, -0.15) is 0 Å². The molecule has 1 aromatic rings. The first-order valence-electron chi connectivity index (χ1n) is 9.20. The number of benzene rings is 1. The quantitative estimate of drug-likeness (QED) is 0.833. The highest BCUT2D eigenvalue weighted by Crippen LogP contribution is 2.34. The Kier molecular flexibility index (Phi) is 5.68. The van der Waals surface area contributed by atoms with E-state index in [1.54, 1.807) is 0 Å². The predicted octanol–water partition coefficient (Wildman–Crippen LogP) is 4.38. The molecule has 23 heavy (non-hydrogen) atoms. The van der Waals surface area contributed by atoms with E-state index >= 15 is 0 Å². The molecule has 1 saturated heterocycles. The van der Waals surface area contributed by atoms with Crippen molar-refractivity contribution in [2.45, 2.75) is 73.0 Å². The minimum absolute atomic E-state index is 0.436. The van der Waals surface area contributed by atoms with Gasteiger partial charge in [-0.1, -0.05) is 57.8 Å². The lowest BCUT2D eigenvalue weighted by Gasteiger charge is -2.47. The third-order valence-corrected chi connectivity index (χ3v) is 6.69. The van der Waals surface area contributed by atoms with E-state index in [0.717, 1.165) is 0 Å². The molecule has 0 saturated carbocycles. The Morgan fingerprint density at radius 3 is 2.35 bits per heavy atom. The average molecular weight is 312 g/mol. The number of aryl methyl sites for hydroxylation is 2. The zero-order valence-corrected chi connectivity index (χ0v) is 16.6. The Balaban J connectivity index is 2.27. The maximum atomic E-state index is 3.87. The van der Waals surface area contributed by atoms with Gasteiger partial charge in [0.05, 0.1) is 0 Å². The van der Waals surface area contributed by atoms with Crippen molar-refractivity contribution in [1.29, 1.82) is 0 Å². The number of rotatable bonds is 3.